The second-order valence-corrected chi connectivity index (χ2v) is 6.40. The summed E-state index contributed by atoms with van der Waals surface area (Å²) in [5.41, 5.74) is 4.53. The van der Waals surface area contributed by atoms with E-state index in [1.165, 1.54) is 0 Å². The minimum absolute atomic E-state index is 0.210. The molecule has 5 nitrogen and oxygen atoms in total. The highest BCUT2D eigenvalue weighted by Gasteiger charge is 2.13. The van der Waals surface area contributed by atoms with E-state index >= 15 is 0 Å². The van der Waals surface area contributed by atoms with Gasteiger partial charge in [0.2, 0.25) is 0 Å². The molecule has 0 fully saturated rings. The number of rotatable bonds is 3. The summed E-state index contributed by atoms with van der Waals surface area (Å²) < 4.78 is 0. The van der Waals surface area contributed by atoms with E-state index in [9.17, 15) is 4.79 Å². The molecule has 2 heterocycles. The van der Waals surface area contributed by atoms with E-state index in [-0.39, 0.29) is 5.91 Å². The van der Waals surface area contributed by atoms with Crippen LogP contribution in [0.3, 0.4) is 0 Å². The fraction of sp³-hybridized carbons (Fsp3) is 0.0500. The fourth-order valence-electron chi connectivity index (χ4n) is 2.85. The molecule has 0 aliphatic rings. The Bertz CT molecular complexity index is 1110. The molecule has 26 heavy (non-hydrogen) atoms. The van der Waals surface area contributed by atoms with Gasteiger partial charge in [0.25, 0.3) is 5.91 Å². The molecule has 0 spiro atoms. The number of aromatic nitrogens is 3. The number of hydrogen-bond donors (Lipinski definition) is 2. The summed E-state index contributed by atoms with van der Waals surface area (Å²) in [6.07, 6.45) is 1.69. The maximum atomic E-state index is 12.8. The zero-order valence-corrected chi connectivity index (χ0v) is 14.7. The first-order chi connectivity index (χ1) is 12.6. The van der Waals surface area contributed by atoms with Crippen molar-refractivity contribution in [3.8, 4) is 11.3 Å². The van der Waals surface area contributed by atoms with Crippen LogP contribution in [-0.2, 0) is 0 Å². The number of fused-ring (bicyclic) bond motifs is 1. The van der Waals surface area contributed by atoms with Crippen LogP contribution in [0.1, 0.15) is 16.1 Å². The molecule has 2 N–H and O–H groups in total. The van der Waals surface area contributed by atoms with Crippen molar-refractivity contribution in [1.29, 1.82) is 0 Å². The van der Waals surface area contributed by atoms with Gasteiger partial charge in [-0.1, -0.05) is 23.7 Å². The van der Waals surface area contributed by atoms with Gasteiger partial charge in [-0.05, 0) is 49.4 Å². The average Bonchev–Trinajstić information content (AvgIpc) is 3.16. The molecule has 4 aromatic rings. The van der Waals surface area contributed by atoms with Crippen molar-refractivity contribution in [3.05, 3.63) is 77.1 Å². The molecule has 0 aliphatic heterocycles. The molecule has 2 aromatic heterocycles. The molecular formula is C20H15ClN4O. The molecule has 1 amide bonds. The first-order valence-electron chi connectivity index (χ1n) is 8.08. The highest BCUT2D eigenvalue weighted by atomic mass is 35.5. The van der Waals surface area contributed by atoms with Crippen LogP contribution < -0.4 is 5.32 Å². The molecule has 128 valence electrons. The third kappa shape index (κ3) is 3.17. The topological polar surface area (TPSA) is 70.7 Å². The zero-order valence-electron chi connectivity index (χ0n) is 14.0. The summed E-state index contributed by atoms with van der Waals surface area (Å²) in [6.45, 7) is 1.82. The number of halogens is 1. The third-order valence-electron chi connectivity index (χ3n) is 4.14. The third-order valence-corrected chi connectivity index (χ3v) is 4.38. The number of aryl methyl sites for hydroxylation is 1. The number of aromatic amines is 1. The smallest absolute Gasteiger partial charge is 0.257 e. The lowest BCUT2D eigenvalue weighted by Crippen LogP contribution is -2.14. The molecule has 0 saturated heterocycles. The largest absolute Gasteiger partial charge is 0.322 e. The standard InChI is InChI=1S/C20H15ClN4O/c1-12-17(11-14-9-15(21)5-6-18(14)23-12)20(26)24-16-4-2-3-13(10-16)19-7-8-22-25-19/h2-11H,1H3,(H,22,25)(H,24,26). The van der Waals surface area contributed by atoms with Gasteiger partial charge in [0.05, 0.1) is 22.5 Å². The molecule has 0 aliphatic carbocycles. The van der Waals surface area contributed by atoms with E-state index in [0.29, 0.717) is 22.0 Å². The molecular weight excluding hydrogens is 348 g/mol. The van der Waals surface area contributed by atoms with Gasteiger partial charge in [-0.15, -0.1) is 0 Å². The summed E-state index contributed by atoms with van der Waals surface area (Å²) in [6, 6.07) is 16.7. The predicted molar refractivity (Wildman–Crippen MR) is 103 cm³/mol. The van der Waals surface area contributed by atoms with Crippen molar-refractivity contribution in [2.75, 3.05) is 5.32 Å². The Morgan fingerprint density at radius 3 is 2.81 bits per heavy atom. The lowest BCUT2D eigenvalue weighted by atomic mass is 10.1. The fourth-order valence-corrected chi connectivity index (χ4v) is 3.03. The Balaban J connectivity index is 1.65. The molecule has 0 bridgehead atoms. The Morgan fingerprint density at radius 1 is 1.12 bits per heavy atom. The molecule has 2 aromatic carbocycles. The highest BCUT2D eigenvalue weighted by molar-refractivity contribution is 6.31. The van der Waals surface area contributed by atoms with Gasteiger partial charge in [-0.3, -0.25) is 14.9 Å². The number of nitrogens with zero attached hydrogens (tertiary/aromatic N) is 2. The number of hydrogen-bond acceptors (Lipinski definition) is 3. The van der Waals surface area contributed by atoms with E-state index in [4.69, 9.17) is 11.6 Å². The van der Waals surface area contributed by atoms with Crippen molar-refractivity contribution in [1.82, 2.24) is 15.2 Å². The molecule has 0 unspecified atom stereocenters. The monoisotopic (exact) mass is 362 g/mol. The van der Waals surface area contributed by atoms with E-state index in [0.717, 1.165) is 22.2 Å². The molecule has 0 radical (unpaired) electrons. The van der Waals surface area contributed by atoms with Crippen molar-refractivity contribution in [2.24, 2.45) is 0 Å². The summed E-state index contributed by atoms with van der Waals surface area (Å²) >= 11 is 6.05. The predicted octanol–water partition coefficient (Wildman–Crippen LogP) is 4.84. The van der Waals surface area contributed by atoms with Gasteiger partial charge >= 0.3 is 0 Å². The number of carbonyl (C=O) groups excluding carboxylic acids is 1. The van der Waals surface area contributed by atoms with E-state index in [1.54, 1.807) is 18.3 Å². The maximum absolute atomic E-state index is 12.8. The van der Waals surface area contributed by atoms with E-state index in [2.05, 4.69) is 20.5 Å². The second kappa shape index (κ2) is 6.61. The van der Waals surface area contributed by atoms with Gasteiger partial charge in [-0.25, -0.2) is 0 Å². The van der Waals surface area contributed by atoms with Crippen LogP contribution in [0.4, 0.5) is 5.69 Å². The van der Waals surface area contributed by atoms with Gasteiger partial charge in [0.1, 0.15) is 0 Å². The number of H-pyrrole nitrogens is 1. The van der Waals surface area contributed by atoms with Crippen molar-refractivity contribution < 1.29 is 4.79 Å². The van der Waals surface area contributed by atoms with Crippen molar-refractivity contribution in [3.63, 3.8) is 0 Å². The summed E-state index contributed by atoms with van der Waals surface area (Å²) in [5, 5.41) is 11.2. The van der Waals surface area contributed by atoms with Gasteiger partial charge in [0, 0.05) is 27.9 Å². The van der Waals surface area contributed by atoms with Gasteiger partial charge < -0.3 is 5.32 Å². The Labute approximate surface area is 155 Å². The van der Waals surface area contributed by atoms with Gasteiger partial charge in [-0.2, -0.15) is 5.10 Å². The van der Waals surface area contributed by atoms with Crippen LogP contribution in [0.15, 0.2) is 60.8 Å². The van der Waals surface area contributed by atoms with Crippen molar-refractivity contribution in [2.45, 2.75) is 6.92 Å². The maximum Gasteiger partial charge on any atom is 0.257 e. The van der Waals surface area contributed by atoms with E-state index < -0.39 is 0 Å². The number of carbonyl (C=O) groups is 1. The highest BCUT2D eigenvalue weighted by Crippen LogP contribution is 2.23. The lowest BCUT2D eigenvalue weighted by Gasteiger charge is -2.10. The molecule has 0 saturated carbocycles. The summed E-state index contributed by atoms with van der Waals surface area (Å²) in [4.78, 5) is 17.3. The van der Waals surface area contributed by atoms with Crippen LogP contribution in [0.25, 0.3) is 22.2 Å². The zero-order chi connectivity index (χ0) is 18.1. The number of benzene rings is 2. The quantitative estimate of drug-likeness (QED) is 0.548. The molecule has 0 atom stereocenters. The lowest BCUT2D eigenvalue weighted by molar-refractivity contribution is 0.102. The Kier molecular flexibility index (Phi) is 4.14. The minimum atomic E-state index is -0.210. The van der Waals surface area contributed by atoms with Crippen molar-refractivity contribution >= 4 is 34.1 Å². The summed E-state index contributed by atoms with van der Waals surface area (Å²) in [5.74, 6) is -0.210. The van der Waals surface area contributed by atoms with Gasteiger partial charge in [0.15, 0.2) is 0 Å². The second-order valence-electron chi connectivity index (χ2n) is 5.96. The molecule has 4 rings (SSSR count). The summed E-state index contributed by atoms with van der Waals surface area (Å²) in [7, 11) is 0. The van der Waals surface area contributed by atoms with Crippen LogP contribution in [0.2, 0.25) is 5.02 Å². The molecule has 6 heteroatoms. The van der Waals surface area contributed by atoms with Crippen LogP contribution in [-0.4, -0.2) is 21.1 Å². The number of anilines is 1. The SMILES string of the molecule is Cc1nc2ccc(Cl)cc2cc1C(=O)Nc1cccc(-c2ccn[nH]2)c1. The van der Waals surface area contributed by atoms with Crippen LogP contribution >= 0.6 is 11.6 Å². The first-order valence-corrected chi connectivity index (χ1v) is 8.46. The Morgan fingerprint density at radius 2 is 2.00 bits per heavy atom. The average molecular weight is 363 g/mol. The normalized spacial score (nSPS) is 10.8. The number of pyridine rings is 1. The van der Waals surface area contributed by atoms with Crippen LogP contribution in [0.5, 0.6) is 0 Å². The number of nitrogens with one attached hydrogen (secondary N) is 2. The van der Waals surface area contributed by atoms with Crippen LogP contribution in [0, 0.1) is 6.92 Å². The number of amides is 1. The Hall–Kier alpha value is -3.18. The van der Waals surface area contributed by atoms with E-state index in [1.807, 2.05) is 49.4 Å². The minimum Gasteiger partial charge on any atom is -0.322 e. The first kappa shape index (κ1) is 16.3.